The molecule has 3 nitrogen and oxygen atoms in total. The Labute approximate surface area is 105 Å². The van der Waals surface area contributed by atoms with Crippen molar-refractivity contribution in [2.75, 3.05) is 5.73 Å². The van der Waals surface area contributed by atoms with Crippen molar-refractivity contribution in [2.45, 2.75) is 19.3 Å². The largest absolute Gasteiger partial charge is 0.383 e. The highest BCUT2D eigenvalue weighted by atomic mass is 35.5. The van der Waals surface area contributed by atoms with Crippen LogP contribution in [0, 0.1) is 0 Å². The molecule has 3 rings (SSSR count). The van der Waals surface area contributed by atoms with Crippen LogP contribution in [-0.4, -0.2) is 9.78 Å². The first-order chi connectivity index (χ1) is 8.16. The Kier molecular flexibility index (Phi) is 2.37. The SMILES string of the molecule is Cn1ncc(-c2cc(Cl)c3c(c2)CCC3)c1N. The lowest BCUT2D eigenvalue weighted by atomic mass is 10.0. The maximum absolute atomic E-state index is 6.32. The van der Waals surface area contributed by atoms with Gasteiger partial charge in [0.1, 0.15) is 5.82 Å². The van der Waals surface area contributed by atoms with E-state index >= 15 is 0 Å². The Morgan fingerprint density at radius 2 is 2.18 bits per heavy atom. The van der Waals surface area contributed by atoms with Crippen LogP contribution >= 0.6 is 11.6 Å². The lowest BCUT2D eigenvalue weighted by molar-refractivity contribution is 0.779. The zero-order chi connectivity index (χ0) is 12.0. The number of aryl methyl sites for hydroxylation is 2. The van der Waals surface area contributed by atoms with E-state index in [1.165, 1.54) is 17.5 Å². The molecule has 4 heteroatoms. The molecular formula is C13H14ClN3. The van der Waals surface area contributed by atoms with E-state index in [0.717, 1.165) is 29.0 Å². The Morgan fingerprint density at radius 3 is 2.88 bits per heavy atom. The summed E-state index contributed by atoms with van der Waals surface area (Å²) in [7, 11) is 1.84. The van der Waals surface area contributed by atoms with Gasteiger partial charge in [-0.2, -0.15) is 5.10 Å². The number of hydrogen-bond donors (Lipinski definition) is 1. The van der Waals surface area contributed by atoms with Crippen LogP contribution in [0.3, 0.4) is 0 Å². The second kappa shape index (κ2) is 3.77. The fourth-order valence-corrected chi connectivity index (χ4v) is 2.81. The van der Waals surface area contributed by atoms with E-state index in [1.807, 2.05) is 13.1 Å². The molecule has 0 unspecified atom stereocenters. The molecule has 0 fully saturated rings. The lowest BCUT2D eigenvalue weighted by Crippen LogP contribution is -1.98. The normalized spacial score (nSPS) is 14.0. The van der Waals surface area contributed by atoms with Gasteiger partial charge in [0.05, 0.1) is 6.20 Å². The molecule has 1 aliphatic rings. The van der Waals surface area contributed by atoms with E-state index in [1.54, 1.807) is 10.9 Å². The van der Waals surface area contributed by atoms with Crippen LogP contribution in [0.5, 0.6) is 0 Å². The summed E-state index contributed by atoms with van der Waals surface area (Å²) < 4.78 is 1.68. The van der Waals surface area contributed by atoms with Crippen LogP contribution in [0.2, 0.25) is 5.02 Å². The van der Waals surface area contributed by atoms with Gasteiger partial charge in [-0.3, -0.25) is 4.68 Å². The van der Waals surface area contributed by atoms with Gasteiger partial charge >= 0.3 is 0 Å². The number of anilines is 1. The number of nitrogen functional groups attached to an aromatic ring is 1. The molecule has 0 radical (unpaired) electrons. The van der Waals surface area contributed by atoms with E-state index in [9.17, 15) is 0 Å². The summed E-state index contributed by atoms with van der Waals surface area (Å²) in [6, 6.07) is 4.20. The molecule has 17 heavy (non-hydrogen) atoms. The predicted molar refractivity (Wildman–Crippen MR) is 70.1 cm³/mol. The third-order valence-corrected chi connectivity index (χ3v) is 3.79. The number of aromatic nitrogens is 2. The Bertz CT molecular complexity index is 587. The highest BCUT2D eigenvalue weighted by Crippen LogP contribution is 2.35. The maximum atomic E-state index is 6.32. The van der Waals surface area contributed by atoms with E-state index in [-0.39, 0.29) is 0 Å². The number of rotatable bonds is 1. The number of hydrogen-bond acceptors (Lipinski definition) is 2. The summed E-state index contributed by atoms with van der Waals surface area (Å²) in [4.78, 5) is 0. The number of fused-ring (bicyclic) bond motifs is 1. The number of halogens is 1. The summed E-state index contributed by atoms with van der Waals surface area (Å²) in [6.07, 6.45) is 5.20. The summed E-state index contributed by atoms with van der Waals surface area (Å²) >= 11 is 6.32. The van der Waals surface area contributed by atoms with Crippen LogP contribution in [0.1, 0.15) is 17.5 Å². The van der Waals surface area contributed by atoms with Crippen molar-refractivity contribution in [3.63, 3.8) is 0 Å². The zero-order valence-electron chi connectivity index (χ0n) is 9.70. The quantitative estimate of drug-likeness (QED) is 0.842. The van der Waals surface area contributed by atoms with Crippen molar-refractivity contribution in [3.05, 3.63) is 34.5 Å². The fourth-order valence-electron chi connectivity index (χ4n) is 2.48. The second-order valence-corrected chi connectivity index (χ2v) is 4.92. The Morgan fingerprint density at radius 1 is 1.35 bits per heavy atom. The molecule has 0 amide bonds. The fraction of sp³-hybridized carbons (Fsp3) is 0.308. The standard InChI is InChI=1S/C13H14ClN3/c1-17-13(15)11(7-16-17)9-5-8-3-2-4-10(8)12(14)6-9/h5-7H,2-4,15H2,1H3. The molecule has 0 atom stereocenters. The number of nitrogens with zero attached hydrogens (tertiary/aromatic N) is 2. The van der Waals surface area contributed by atoms with Crippen LogP contribution in [-0.2, 0) is 19.9 Å². The molecule has 0 saturated heterocycles. The molecule has 0 saturated carbocycles. The summed E-state index contributed by atoms with van der Waals surface area (Å²) in [5, 5.41) is 5.02. The third-order valence-electron chi connectivity index (χ3n) is 3.46. The van der Waals surface area contributed by atoms with Gasteiger partial charge in [0.25, 0.3) is 0 Å². The van der Waals surface area contributed by atoms with E-state index in [2.05, 4.69) is 11.2 Å². The van der Waals surface area contributed by atoms with Crippen molar-refractivity contribution in [1.82, 2.24) is 9.78 Å². The van der Waals surface area contributed by atoms with E-state index < -0.39 is 0 Å². The van der Waals surface area contributed by atoms with Crippen molar-refractivity contribution in [3.8, 4) is 11.1 Å². The molecule has 1 heterocycles. The van der Waals surface area contributed by atoms with Crippen molar-refractivity contribution < 1.29 is 0 Å². The van der Waals surface area contributed by atoms with Crippen molar-refractivity contribution in [2.24, 2.45) is 7.05 Å². The van der Waals surface area contributed by atoms with Gasteiger partial charge in [0, 0.05) is 17.6 Å². The average molecular weight is 248 g/mol. The van der Waals surface area contributed by atoms with Crippen molar-refractivity contribution in [1.29, 1.82) is 0 Å². The molecule has 0 aliphatic heterocycles. The first-order valence-electron chi connectivity index (χ1n) is 5.76. The molecule has 1 aromatic carbocycles. The van der Waals surface area contributed by atoms with Gasteiger partial charge < -0.3 is 5.73 Å². The van der Waals surface area contributed by atoms with E-state index in [0.29, 0.717) is 5.82 Å². The Hall–Kier alpha value is -1.48. The monoisotopic (exact) mass is 247 g/mol. The minimum atomic E-state index is 0.680. The number of nitrogens with two attached hydrogens (primary N) is 1. The maximum Gasteiger partial charge on any atom is 0.129 e. The predicted octanol–water partition coefficient (Wildman–Crippen LogP) is 2.81. The molecule has 1 aromatic heterocycles. The molecule has 2 N–H and O–H groups in total. The first-order valence-corrected chi connectivity index (χ1v) is 6.14. The molecule has 88 valence electrons. The first kappa shape index (κ1) is 10.7. The van der Waals surface area contributed by atoms with Gasteiger partial charge in [-0.05, 0) is 42.0 Å². The Balaban J connectivity index is 2.16. The third kappa shape index (κ3) is 1.62. The molecule has 0 spiro atoms. The summed E-state index contributed by atoms with van der Waals surface area (Å²) in [5.74, 6) is 0.680. The average Bonchev–Trinajstić information content (AvgIpc) is 2.88. The molecule has 1 aliphatic carbocycles. The van der Waals surface area contributed by atoms with Crippen LogP contribution in [0.25, 0.3) is 11.1 Å². The van der Waals surface area contributed by atoms with Gasteiger partial charge in [-0.25, -0.2) is 0 Å². The van der Waals surface area contributed by atoms with Gasteiger partial charge in [0.15, 0.2) is 0 Å². The van der Waals surface area contributed by atoms with Gasteiger partial charge in [-0.15, -0.1) is 0 Å². The van der Waals surface area contributed by atoms with Gasteiger partial charge in [-0.1, -0.05) is 17.7 Å². The zero-order valence-corrected chi connectivity index (χ0v) is 10.5. The topological polar surface area (TPSA) is 43.8 Å². The van der Waals surface area contributed by atoms with Crippen molar-refractivity contribution >= 4 is 17.4 Å². The highest BCUT2D eigenvalue weighted by molar-refractivity contribution is 6.31. The van der Waals surface area contributed by atoms with Crippen LogP contribution in [0.15, 0.2) is 18.3 Å². The van der Waals surface area contributed by atoms with Crippen LogP contribution < -0.4 is 5.73 Å². The summed E-state index contributed by atoms with van der Waals surface area (Å²) in [5.41, 5.74) is 10.7. The lowest BCUT2D eigenvalue weighted by Gasteiger charge is -2.07. The van der Waals surface area contributed by atoms with E-state index in [4.69, 9.17) is 17.3 Å². The van der Waals surface area contributed by atoms with Gasteiger partial charge in [0.2, 0.25) is 0 Å². The minimum Gasteiger partial charge on any atom is -0.383 e. The molecule has 0 bridgehead atoms. The second-order valence-electron chi connectivity index (χ2n) is 4.52. The minimum absolute atomic E-state index is 0.680. The summed E-state index contributed by atoms with van der Waals surface area (Å²) in [6.45, 7) is 0. The number of benzene rings is 1. The highest BCUT2D eigenvalue weighted by Gasteiger charge is 2.17. The van der Waals surface area contributed by atoms with Crippen LogP contribution in [0.4, 0.5) is 5.82 Å². The molecular weight excluding hydrogens is 234 g/mol. The smallest absolute Gasteiger partial charge is 0.129 e. The molecule has 2 aromatic rings.